The van der Waals surface area contributed by atoms with E-state index in [0.29, 0.717) is 18.0 Å². The summed E-state index contributed by atoms with van der Waals surface area (Å²) in [6, 6.07) is 0. The third-order valence-corrected chi connectivity index (χ3v) is 1.76. The van der Waals surface area contributed by atoms with Crippen LogP contribution in [0.4, 0.5) is 0 Å². The molecule has 0 aromatic carbocycles. The van der Waals surface area contributed by atoms with E-state index < -0.39 is 12.1 Å². The van der Waals surface area contributed by atoms with Crippen LogP contribution in [-0.2, 0) is 11.3 Å². The molecule has 0 spiro atoms. The molecule has 0 radical (unpaired) electrons. The summed E-state index contributed by atoms with van der Waals surface area (Å²) in [7, 11) is 0. The summed E-state index contributed by atoms with van der Waals surface area (Å²) in [5.74, 6) is -0.821. The number of aliphatic hydroxyl groups is 1. The first-order valence-corrected chi connectivity index (χ1v) is 4.44. The fourth-order valence-electron chi connectivity index (χ4n) is 1.14. The molecule has 0 amide bonds. The highest BCUT2D eigenvalue weighted by atomic mass is 16.4. The maximum atomic E-state index is 10.4. The lowest BCUT2D eigenvalue weighted by Crippen LogP contribution is -2.10. The van der Waals surface area contributed by atoms with Gasteiger partial charge in [-0.25, -0.2) is 4.79 Å². The second kappa shape index (κ2) is 4.23. The molecule has 1 aromatic heterocycles. The Labute approximate surface area is 82.0 Å². The second-order valence-electron chi connectivity index (χ2n) is 3.63. The van der Waals surface area contributed by atoms with Gasteiger partial charge in [0.1, 0.15) is 0 Å². The number of carboxylic acid groups (broad SMARTS) is 1. The average Bonchev–Trinajstić information content (AvgIpc) is 2.50. The summed E-state index contributed by atoms with van der Waals surface area (Å²) < 4.78 is 1.63. The Morgan fingerprint density at radius 1 is 1.64 bits per heavy atom. The van der Waals surface area contributed by atoms with Gasteiger partial charge in [-0.15, -0.1) is 0 Å². The van der Waals surface area contributed by atoms with Crippen LogP contribution in [0.1, 0.15) is 25.5 Å². The summed E-state index contributed by atoms with van der Waals surface area (Å²) in [5, 5.41) is 21.7. The molecule has 2 N–H and O–H groups in total. The highest BCUT2D eigenvalue weighted by Crippen LogP contribution is 2.12. The van der Waals surface area contributed by atoms with Crippen molar-refractivity contribution in [2.75, 3.05) is 0 Å². The van der Waals surface area contributed by atoms with Crippen molar-refractivity contribution in [1.29, 1.82) is 0 Å². The molecule has 5 heteroatoms. The molecule has 0 fully saturated rings. The Hall–Kier alpha value is -1.36. The predicted octanol–water partition coefficient (Wildman–Crippen LogP) is 0.657. The average molecular weight is 198 g/mol. The van der Waals surface area contributed by atoms with Gasteiger partial charge in [0.2, 0.25) is 0 Å². The van der Waals surface area contributed by atoms with E-state index in [9.17, 15) is 9.90 Å². The predicted molar refractivity (Wildman–Crippen MR) is 49.7 cm³/mol. The normalized spacial score (nSPS) is 13.1. The zero-order chi connectivity index (χ0) is 10.7. The lowest BCUT2D eigenvalue weighted by atomic mass is 10.2. The van der Waals surface area contributed by atoms with Crippen molar-refractivity contribution < 1.29 is 15.0 Å². The molecule has 0 bridgehead atoms. The molecule has 0 aliphatic heterocycles. The van der Waals surface area contributed by atoms with Gasteiger partial charge in [-0.1, -0.05) is 13.8 Å². The Morgan fingerprint density at radius 2 is 2.29 bits per heavy atom. The molecule has 14 heavy (non-hydrogen) atoms. The fourth-order valence-corrected chi connectivity index (χ4v) is 1.14. The summed E-state index contributed by atoms with van der Waals surface area (Å²) in [5.41, 5.74) is 0.318. The number of aliphatic carboxylic acids is 1. The number of aromatic nitrogens is 2. The summed E-state index contributed by atoms with van der Waals surface area (Å²) >= 11 is 0. The zero-order valence-electron chi connectivity index (χ0n) is 8.21. The number of nitrogens with zero attached hydrogens (tertiary/aromatic N) is 2. The molecule has 1 atom stereocenters. The van der Waals surface area contributed by atoms with Gasteiger partial charge in [-0.3, -0.25) is 4.68 Å². The minimum atomic E-state index is -1.48. The van der Waals surface area contributed by atoms with Gasteiger partial charge in [0, 0.05) is 18.3 Å². The summed E-state index contributed by atoms with van der Waals surface area (Å²) in [6.07, 6.45) is 1.45. The molecule has 1 rings (SSSR count). The smallest absolute Gasteiger partial charge is 0.337 e. The summed E-state index contributed by atoms with van der Waals surface area (Å²) in [4.78, 5) is 10.4. The molecule has 0 aliphatic rings. The minimum Gasteiger partial charge on any atom is -0.479 e. The first-order valence-electron chi connectivity index (χ1n) is 4.44. The van der Waals surface area contributed by atoms with Crippen molar-refractivity contribution in [2.45, 2.75) is 26.5 Å². The minimum absolute atomic E-state index is 0.318. The van der Waals surface area contributed by atoms with Crippen LogP contribution < -0.4 is 0 Å². The van der Waals surface area contributed by atoms with E-state index in [2.05, 4.69) is 5.10 Å². The zero-order valence-corrected chi connectivity index (χ0v) is 8.21. The first-order chi connectivity index (χ1) is 6.50. The van der Waals surface area contributed by atoms with E-state index >= 15 is 0 Å². The highest BCUT2D eigenvalue weighted by molar-refractivity contribution is 5.73. The lowest BCUT2D eigenvalue weighted by Gasteiger charge is -2.04. The van der Waals surface area contributed by atoms with Crippen LogP contribution in [-0.4, -0.2) is 26.0 Å². The SMILES string of the molecule is CC(C)Cn1cc(C(O)C(=O)O)cn1. The molecule has 0 saturated heterocycles. The standard InChI is InChI=1S/C9H14N2O3/c1-6(2)4-11-5-7(3-10-11)8(12)9(13)14/h3,5-6,8,12H,4H2,1-2H3,(H,13,14). The highest BCUT2D eigenvalue weighted by Gasteiger charge is 2.17. The largest absolute Gasteiger partial charge is 0.479 e. The molecule has 0 saturated carbocycles. The number of carboxylic acids is 1. The maximum Gasteiger partial charge on any atom is 0.337 e. The van der Waals surface area contributed by atoms with Crippen LogP contribution in [0.3, 0.4) is 0 Å². The van der Waals surface area contributed by atoms with Crippen molar-refractivity contribution in [1.82, 2.24) is 9.78 Å². The van der Waals surface area contributed by atoms with Crippen molar-refractivity contribution in [3.63, 3.8) is 0 Å². The third kappa shape index (κ3) is 2.56. The molecule has 0 aliphatic carbocycles. The van der Waals surface area contributed by atoms with Crippen LogP contribution >= 0.6 is 0 Å². The van der Waals surface area contributed by atoms with Crippen LogP contribution in [0.15, 0.2) is 12.4 Å². The number of hydrogen-bond donors (Lipinski definition) is 2. The molecule has 78 valence electrons. The van der Waals surface area contributed by atoms with Crippen molar-refractivity contribution in [3.05, 3.63) is 18.0 Å². The van der Waals surface area contributed by atoms with Crippen molar-refractivity contribution in [2.24, 2.45) is 5.92 Å². The van der Waals surface area contributed by atoms with E-state index in [1.165, 1.54) is 6.20 Å². The second-order valence-corrected chi connectivity index (χ2v) is 3.63. The number of carbonyl (C=O) groups is 1. The molecule has 1 unspecified atom stereocenters. The van der Waals surface area contributed by atoms with Gasteiger partial charge in [0.15, 0.2) is 6.10 Å². The Morgan fingerprint density at radius 3 is 2.79 bits per heavy atom. The van der Waals surface area contributed by atoms with Gasteiger partial charge >= 0.3 is 5.97 Å². The number of aliphatic hydroxyl groups excluding tert-OH is 1. The Kier molecular flexibility index (Phi) is 3.24. The lowest BCUT2D eigenvalue weighted by molar-refractivity contribution is -0.146. The van der Waals surface area contributed by atoms with Gasteiger partial charge in [-0.05, 0) is 5.92 Å². The number of hydrogen-bond acceptors (Lipinski definition) is 3. The van der Waals surface area contributed by atoms with E-state index in [4.69, 9.17) is 5.11 Å². The van der Waals surface area contributed by atoms with Crippen molar-refractivity contribution >= 4 is 5.97 Å². The fraction of sp³-hybridized carbons (Fsp3) is 0.556. The van der Waals surface area contributed by atoms with Crippen LogP contribution in [0, 0.1) is 5.92 Å². The van der Waals surface area contributed by atoms with Gasteiger partial charge in [-0.2, -0.15) is 5.10 Å². The molecule has 1 aromatic rings. The monoisotopic (exact) mass is 198 g/mol. The van der Waals surface area contributed by atoms with Gasteiger partial charge in [0.25, 0.3) is 0 Å². The molecule has 1 heterocycles. The van der Waals surface area contributed by atoms with Crippen LogP contribution in [0.5, 0.6) is 0 Å². The molecule has 5 nitrogen and oxygen atoms in total. The van der Waals surface area contributed by atoms with Crippen molar-refractivity contribution in [3.8, 4) is 0 Å². The Bertz CT molecular complexity index is 320. The Balaban J connectivity index is 2.72. The first kappa shape index (κ1) is 10.7. The van der Waals surface area contributed by atoms with Crippen LogP contribution in [0.25, 0.3) is 0 Å². The number of rotatable bonds is 4. The van der Waals surface area contributed by atoms with E-state index in [1.807, 2.05) is 13.8 Å². The maximum absolute atomic E-state index is 10.4. The molecular formula is C9H14N2O3. The molecular weight excluding hydrogens is 184 g/mol. The third-order valence-electron chi connectivity index (χ3n) is 1.76. The topological polar surface area (TPSA) is 75.4 Å². The van der Waals surface area contributed by atoms with Gasteiger partial charge < -0.3 is 10.2 Å². The summed E-state index contributed by atoms with van der Waals surface area (Å²) in [6.45, 7) is 4.79. The van der Waals surface area contributed by atoms with E-state index in [1.54, 1.807) is 10.9 Å². The van der Waals surface area contributed by atoms with Gasteiger partial charge in [0.05, 0.1) is 6.20 Å². The van der Waals surface area contributed by atoms with E-state index in [0.717, 1.165) is 0 Å². The van der Waals surface area contributed by atoms with Crippen LogP contribution in [0.2, 0.25) is 0 Å². The quantitative estimate of drug-likeness (QED) is 0.745. The van der Waals surface area contributed by atoms with E-state index in [-0.39, 0.29) is 0 Å².